The van der Waals surface area contributed by atoms with Gasteiger partial charge in [0.1, 0.15) is 18.0 Å². The predicted molar refractivity (Wildman–Crippen MR) is 90.8 cm³/mol. The second-order valence-corrected chi connectivity index (χ2v) is 5.27. The minimum atomic E-state index is -0.0709. The lowest BCUT2D eigenvalue weighted by molar-refractivity contribution is -0.661. The first-order valence-corrected chi connectivity index (χ1v) is 7.76. The van der Waals surface area contributed by atoms with Crippen LogP contribution < -0.4 is 15.4 Å². The normalized spacial score (nSPS) is 10.3. The molecule has 0 aliphatic rings. The summed E-state index contributed by atoms with van der Waals surface area (Å²) in [6, 6.07) is 20.6. The highest BCUT2D eigenvalue weighted by molar-refractivity contribution is 5.91. The standard InChI is InChI=1S/C19H18N2O3/c22-19(14-20-13-18-10-5-11-23-18)21-15-6-4-9-17(12-15)24-16-7-2-1-3-8-16/h1-12,20H,13-14H2,(H,21,22)/p+1. The third-order valence-electron chi connectivity index (χ3n) is 3.35. The van der Waals surface area contributed by atoms with Gasteiger partial charge in [0, 0.05) is 11.8 Å². The molecular weight excluding hydrogens is 304 g/mol. The van der Waals surface area contributed by atoms with Crippen molar-refractivity contribution in [1.29, 1.82) is 0 Å². The first-order valence-electron chi connectivity index (χ1n) is 7.76. The monoisotopic (exact) mass is 323 g/mol. The van der Waals surface area contributed by atoms with E-state index in [2.05, 4.69) is 5.32 Å². The van der Waals surface area contributed by atoms with Gasteiger partial charge >= 0.3 is 0 Å². The van der Waals surface area contributed by atoms with Gasteiger partial charge in [-0.1, -0.05) is 24.3 Å². The first kappa shape index (κ1) is 15.8. The minimum Gasteiger partial charge on any atom is -0.463 e. The van der Waals surface area contributed by atoms with Crippen LogP contribution in [0.25, 0.3) is 0 Å². The summed E-state index contributed by atoms with van der Waals surface area (Å²) in [6.45, 7) is 0.960. The molecule has 0 saturated carbocycles. The second-order valence-electron chi connectivity index (χ2n) is 5.27. The second kappa shape index (κ2) is 7.99. The van der Waals surface area contributed by atoms with Crippen molar-refractivity contribution in [2.75, 3.05) is 11.9 Å². The quantitative estimate of drug-likeness (QED) is 0.702. The summed E-state index contributed by atoms with van der Waals surface area (Å²) < 4.78 is 11.0. The van der Waals surface area contributed by atoms with Gasteiger partial charge in [0.15, 0.2) is 12.3 Å². The highest BCUT2D eigenvalue weighted by atomic mass is 16.5. The number of carbonyl (C=O) groups excluding carboxylic acids is 1. The van der Waals surface area contributed by atoms with E-state index in [0.717, 1.165) is 11.5 Å². The minimum absolute atomic E-state index is 0.0709. The van der Waals surface area contributed by atoms with Crippen molar-refractivity contribution in [2.45, 2.75) is 6.54 Å². The highest BCUT2D eigenvalue weighted by Crippen LogP contribution is 2.23. The van der Waals surface area contributed by atoms with Gasteiger partial charge < -0.3 is 19.8 Å². The fourth-order valence-electron chi connectivity index (χ4n) is 2.25. The lowest BCUT2D eigenvalue weighted by Crippen LogP contribution is -2.84. The summed E-state index contributed by atoms with van der Waals surface area (Å²) in [4.78, 5) is 12.0. The number of para-hydroxylation sites is 1. The van der Waals surface area contributed by atoms with Crippen LogP contribution in [0.1, 0.15) is 5.76 Å². The molecule has 24 heavy (non-hydrogen) atoms. The maximum absolute atomic E-state index is 12.0. The fraction of sp³-hybridized carbons (Fsp3) is 0.105. The van der Waals surface area contributed by atoms with E-state index in [1.165, 1.54) is 0 Å². The summed E-state index contributed by atoms with van der Waals surface area (Å²) >= 11 is 0. The molecule has 1 heterocycles. The molecule has 0 atom stereocenters. The summed E-state index contributed by atoms with van der Waals surface area (Å²) in [5, 5.41) is 4.75. The van der Waals surface area contributed by atoms with Crippen molar-refractivity contribution in [2.24, 2.45) is 0 Å². The van der Waals surface area contributed by atoms with Gasteiger partial charge in [-0.3, -0.25) is 4.79 Å². The molecule has 5 nitrogen and oxygen atoms in total. The van der Waals surface area contributed by atoms with Gasteiger partial charge in [-0.25, -0.2) is 0 Å². The molecule has 3 aromatic rings. The molecular formula is C19H19N2O3+. The number of hydrogen-bond acceptors (Lipinski definition) is 3. The van der Waals surface area contributed by atoms with Crippen LogP contribution in [0.3, 0.4) is 0 Å². The van der Waals surface area contributed by atoms with E-state index in [4.69, 9.17) is 9.15 Å². The van der Waals surface area contributed by atoms with E-state index in [-0.39, 0.29) is 5.91 Å². The van der Waals surface area contributed by atoms with Crippen LogP contribution in [0.2, 0.25) is 0 Å². The molecule has 3 N–H and O–H groups in total. The summed E-state index contributed by atoms with van der Waals surface area (Å²) in [5.74, 6) is 2.21. The number of ether oxygens (including phenoxy) is 1. The molecule has 0 saturated heterocycles. The van der Waals surface area contributed by atoms with Crippen molar-refractivity contribution in [3.63, 3.8) is 0 Å². The number of furan rings is 1. The SMILES string of the molecule is O=C(C[NH2+]Cc1ccco1)Nc1cccc(Oc2ccccc2)c1. The molecule has 0 radical (unpaired) electrons. The number of amides is 1. The first-order chi connectivity index (χ1) is 11.8. The third kappa shape index (κ3) is 4.72. The zero-order valence-electron chi connectivity index (χ0n) is 13.1. The molecule has 1 aromatic heterocycles. The number of benzene rings is 2. The molecule has 0 aliphatic heterocycles. The smallest absolute Gasteiger partial charge is 0.279 e. The third-order valence-corrected chi connectivity index (χ3v) is 3.35. The predicted octanol–water partition coefficient (Wildman–Crippen LogP) is 2.77. The molecule has 1 amide bonds. The average Bonchev–Trinajstić information content (AvgIpc) is 3.09. The summed E-state index contributed by atoms with van der Waals surface area (Å²) in [5.41, 5.74) is 0.708. The highest BCUT2D eigenvalue weighted by Gasteiger charge is 2.07. The van der Waals surface area contributed by atoms with Crippen LogP contribution in [0.5, 0.6) is 11.5 Å². The molecule has 3 rings (SSSR count). The number of carbonyl (C=O) groups is 1. The van der Waals surface area contributed by atoms with Crippen molar-refractivity contribution < 1.29 is 19.3 Å². The molecule has 0 spiro atoms. The summed E-state index contributed by atoms with van der Waals surface area (Å²) in [6.07, 6.45) is 1.63. The average molecular weight is 323 g/mol. The van der Waals surface area contributed by atoms with E-state index >= 15 is 0 Å². The van der Waals surface area contributed by atoms with Gasteiger partial charge in [-0.2, -0.15) is 0 Å². The van der Waals surface area contributed by atoms with E-state index in [9.17, 15) is 4.79 Å². The zero-order chi connectivity index (χ0) is 16.6. The maximum atomic E-state index is 12.0. The van der Waals surface area contributed by atoms with E-state index < -0.39 is 0 Å². The molecule has 2 aromatic carbocycles. The van der Waals surface area contributed by atoms with Crippen LogP contribution in [0.4, 0.5) is 5.69 Å². The van der Waals surface area contributed by atoms with Gasteiger partial charge in [0.05, 0.1) is 6.26 Å². The van der Waals surface area contributed by atoms with Gasteiger partial charge in [0.2, 0.25) is 0 Å². The zero-order valence-corrected chi connectivity index (χ0v) is 13.1. The largest absolute Gasteiger partial charge is 0.463 e. The fourth-order valence-corrected chi connectivity index (χ4v) is 2.25. The Morgan fingerprint density at radius 2 is 1.83 bits per heavy atom. The number of rotatable bonds is 7. The number of quaternary nitrogens is 1. The van der Waals surface area contributed by atoms with Crippen molar-refractivity contribution in [3.05, 3.63) is 78.8 Å². The van der Waals surface area contributed by atoms with Crippen LogP contribution in [-0.4, -0.2) is 12.5 Å². The lowest BCUT2D eigenvalue weighted by atomic mass is 10.3. The molecule has 122 valence electrons. The van der Waals surface area contributed by atoms with Crippen LogP contribution in [0, 0.1) is 0 Å². The Hall–Kier alpha value is -3.05. The van der Waals surface area contributed by atoms with E-state index in [1.54, 1.807) is 12.3 Å². The van der Waals surface area contributed by atoms with Crippen molar-refractivity contribution in [1.82, 2.24) is 0 Å². The van der Waals surface area contributed by atoms with Crippen LogP contribution in [-0.2, 0) is 11.3 Å². The number of nitrogens with two attached hydrogens (primary N) is 1. The van der Waals surface area contributed by atoms with Gasteiger partial charge in [0.25, 0.3) is 5.91 Å². The Balaban J connectivity index is 1.51. The van der Waals surface area contributed by atoms with Crippen LogP contribution >= 0.6 is 0 Å². The Labute approximate surface area is 140 Å². The molecule has 5 heteroatoms. The number of hydrogen-bond donors (Lipinski definition) is 2. The topological polar surface area (TPSA) is 68.1 Å². The molecule has 0 unspecified atom stereocenters. The molecule has 0 bridgehead atoms. The lowest BCUT2D eigenvalue weighted by Gasteiger charge is -2.08. The van der Waals surface area contributed by atoms with Crippen molar-refractivity contribution >= 4 is 11.6 Å². The Morgan fingerprint density at radius 3 is 2.62 bits per heavy atom. The van der Waals surface area contributed by atoms with E-state index in [1.807, 2.05) is 66.0 Å². The van der Waals surface area contributed by atoms with Crippen molar-refractivity contribution in [3.8, 4) is 11.5 Å². The molecule has 0 aliphatic carbocycles. The maximum Gasteiger partial charge on any atom is 0.279 e. The van der Waals surface area contributed by atoms with Crippen LogP contribution in [0.15, 0.2) is 77.4 Å². The Kier molecular flexibility index (Phi) is 5.27. The number of nitrogens with one attached hydrogen (secondary N) is 1. The van der Waals surface area contributed by atoms with Gasteiger partial charge in [-0.15, -0.1) is 0 Å². The Morgan fingerprint density at radius 1 is 1.00 bits per heavy atom. The van der Waals surface area contributed by atoms with Gasteiger partial charge in [-0.05, 0) is 36.4 Å². The van der Waals surface area contributed by atoms with E-state index in [0.29, 0.717) is 24.5 Å². The Bertz CT molecular complexity index is 770. The number of anilines is 1. The summed E-state index contributed by atoms with van der Waals surface area (Å²) in [7, 11) is 0. The molecule has 0 fully saturated rings.